The molecule has 0 aromatic heterocycles. The van der Waals surface area contributed by atoms with E-state index in [0.29, 0.717) is 16.7 Å². The van der Waals surface area contributed by atoms with E-state index < -0.39 is 5.97 Å². The van der Waals surface area contributed by atoms with Gasteiger partial charge in [0.2, 0.25) is 0 Å². The van der Waals surface area contributed by atoms with Gasteiger partial charge in [0.1, 0.15) is 0 Å². The lowest BCUT2D eigenvalue weighted by Crippen LogP contribution is -2.53. The molecule has 2 nitrogen and oxygen atoms in total. The van der Waals surface area contributed by atoms with Gasteiger partial charge in [-0.2, -0.15) is 0 Å². The van der Waals surface area contributed by atoms with Crippen LogP contribution >= 0.6 is 12.4 Å². The standard InChI is InChI=1S/C24H36O2.ClH/c1-16(7-12-22(25)26)19-10-11-20-18-9-8-17-6-4-5-14-23(17,2)21(18)13-15-24(19,20)3;/h16-21H,4-6,8-11,13-15H2,1-3H3,(H,25,26);1H/t16-,17?,18+,19-,20+,21+,23+,24-;/m1./s1. The lowest BCUT2D eigenvalue weighted by molar-refractivity contribution is -0.130. The summed E-state index contributed by atoms with van der Waals surface area (Å²) in [6, 6.07) is 0. The molecule has 0 saturated heterocycles. The van der Waals surface area contributed by atoms with Crippen molar-refractivity contribution in [1.29, 1.82) is 0 Å². The van der Waals surface area contributed by atoms with Gasteiger partial charge in [0.15, 0.2) is 0 Å². The Balaban J connectivity index is 0.00000210. The molecule has 1 unspecified atom stereocenters. The van der Waals surface area contributed by atoms with Crippen LogP contribution in [0.1, 0.15) is 85.0 Å². The molecule has 4 rings (SSSR count). The van der Waals surface area contributed by atoms with E-state index in [0.717, 1.165) is 23.7 Å². The summed E-state index contributed by atoms with van der Waals surface area (Å²) in [5.74, 6) is 8.96. The molecular formula is C24H37ClO2. The van der Waals surface area contributed by atoms with E-state index in [1.807, 2.05) is 0 Å². The van der Waals surface area contributed by atoms with Crippen LogP contribution in [0.25, 0.3) is 0 Å². The first-order chi connectivity index (χ1) is 12.4. The Labute approximate surface area is 171 Å². The van der Waals surface area contributed by atoms with E-state index in [2.05, 4.69) is 32.6 Å². The number of carboxylic acid groups (broad SMARTS) is 1. The molecule has 1 N–H and O–H groups in total. The molecule has 152 valence electrons. The molecule has 3 heteroatoms. The summed E-state index contributed by atoms with van der Waals surface area (Å²) in [7, 11) is 0. The fraction of sp³-hybridized carbons (Fsp3) is 0.875. The molecule has 0 spiro atoms. The zero-order valence-corrected chi connectivity index (χ0v) is 18.1. The topological polar surface area (TPSA) is 37.3 Å². The van der Waals surface area contributed by atoms with Crippen LogP contribution in [-0.4, -0.2) is 11.1 Å². The van der Waals surface area contributed by atoms with Crippen molar-refractivity contribution < 1.29 is 9.90 Å². The van der Waals surface area contributed by atoms with Crippen molar-refractivity contribution in [2.45, 2.75) is 85.0 Å². The van der Waals surface area contributed by atoms with Crippen LogP contribution in [-0.2, 0) is 4.79 Å². The summed E-state index contributed by atoms with van der Waals surface area (Å²) in [5, 5.41) is 8.92. The van der Waals surface area contributed by atoms with Crippen molar-refractivity contribution in [2.75, 3.05) is 0 Å². The highest BCUT2D eigenvalue weighted by Gasteiger charge is 2.60. The highest BCUT2D eigenvalue weighted by atomic mass is 35.5. The molecule has 8 atom stereocenters. The van der Waals surface area contributed by atoms with Crippen LogP contribution in [0, 0.1) is 58.2 Å². The maximum Gasteiger partial charge on any atom is 0.381 e. The summed E-state index contributed by atoms with van der Waals surface area (Å²) in [4.78, 5) is 10.9. The Morgan fingerprint density at radius 2 is 1.70 bits per heavy atom. The van der Waals surface area contributed by atoms with E-state index in [9.17, 15) is 4.79 Å². The molecule has 0 aromatic carbocycles. The van der Waals surface area contributed by atoms with Crippen LogP contribution < -0.4 is 0 Å². The molecule has 27 heavy (non-hydrogen) atoms. The van der Waals surface area contributed by atoms with Gasteiger partial charge in [-0.05, 0) is 91.8 Å². The van der Waals surface area contributed by atoms with Gasteiger partial charge < -0.3 is 5.11 Å². The zero-order chi connectivity index (χ0) is 18.5. The molecule has 4 saturated carbocycles. The predicted octanol–water partition coefficient (Wildman–Crippen LogP) is 6.18. The van der Waals surface area contributed by atoms with Gasteiger partial charge in [-0.1, -0.05) is 39.5 Å². The van der Waals surface area contributed by atoms with Crippen LogP contribution in [0.2, 0.25) is 0 Å². The molecule has 4 fully saturated rings. The zero-order valence-electron chi connectivity index (χ0n) is 17.3. The molecule has 0 bridgehead atoms. The second-order valence-corrected chi connectivity index (χ2v) is 10.5. The largest absolute Gasteiger partial charge is 0.472 e. The second kappa shape index (κ2) is 7.62. The number of rotatable bonds is 1. The Morgan fingerprint density at radius 1 is 0.963 bits per heavy atom. The fourth-order valence-electron chi connectivity index (χ4n) is 8.43. The van der Waals surface area contributed by atoms with Gasteiger partial charge in [-0.3, -0.25) is 0 Å². The number of halogens is 1. The number of aliphatic carboxylic acids is 1. The minimum absolute atomic E-state index is 0. The Kier molecular flexibility index (Phi) is 5.94. The van der Waals surface area contributed by atoms with Crippen molar-refractivity contribution in [1.82, 2.24) is 0 Å². The minimum Gasteiger partial charge on any atom is -0.472 e. The molecule has 4 aliphatic carbocycles. The maximum atomic E-state index is 10.9. The second-order valence-electron chi connectivity index (χ2n) is 10.5. The third-order valence-electron chi connectivity index (χ3n) is 9.67. The Hall–Kier alpha value is -0.680. The molecule has 0 aromatic rings. The van der Waals surface area contributed by atoms with E-state index in [1.54, 1.807) is 0 Å². The first-order valence-corrected chi connectivity index (χ1v) is 11.1. The summed E-state index contributed by atoms with van der Waals surface area (Å²) in [6.07, 6.45) is 14.1. The van der Waals surface area contributed by atoms with Gasteiger partial charge in [0, 0.05) is 11.8 Å². The maximum absolute atomic E-state index is 10.9. The lowest BCUT2D eigenvalue weighted by atomic mass is 9.44. The van der Waals surface area contributed by atoms with E-state index in [-0.39, 0.29) is 18.3 Å². The number of fused-ring (bicyclic) bond motifs is 5. The number of hydrogen-bond donors (Lipinski definition) is 1. The first kappa shape index (κ1) is 21.0. The van der Waals surface area contributed by atoms with Crippen molar-refractivity contribution in [2.24, 2.45) is 46.3 Å². The average molecular weight is 393 g/mol. The van der Waals surface area contributed by atoms with Crippen LogP contribution in [0.5, 0.6) is 0 Å². The van der Waals surface area contributed by atoms with E-state index in [1.165, 1.54) is 64.2 Å². The molecule has 4 aliphatic rings. The third-order valence-corrected chi connectivity index (χ3v) is 9.67. The molecule has 0 amide bonds. The summed E-state index contributed by atoms with van der Waals surface area (Å²) < 4.78 is 0. The number of carbonyl (C=O) groups is 1. The normalized spacial score (nSPS) is 46.6. The highest BCUT2D eigenvalue weighted by Crippen LogP contribution is 2.68. The number of hydrogen-bond acceptors (Lipinski definition) is 1. The fourth-order valence-corrected chi connectivity index (χ4v) is 8.43. The lowest BCUT2D eigenvalue weighted by Gasteiger charge is -2.60. The van der Waals surface area contributed by atoms with Crippen LogP contribution in [0.4, 0.5) is 0 Å². The van der Waals surface area contributed by atoms with Crippen molar-refractivity contribution >= 4 is 18.4 Å². The summed E-state index contributed by atoms with van der Waals surface area (Å²) >= 11 is 0. The minimum atomic E-state index is -0.983. The van der Waals surface area contributed by atoms with Gasteiger partial charge in [-0.15, -0.1) is 12.4 Å². The quantitative estimate of drug-likeness (QED) is 0.541. The predicted molar refractivity (Wildman–Crippen MR) is 112 cm³/mol. The SMILES string of the molecule is C[C@H](C#CC(=O)O)[C@H]1CC[C@H]2[C@@H]3CCC4CCCC[C@]4(C)[C@H]3CC[C@]12C.Cl. The molecular weight excluding hydrogens is 356 g/mol. The van der Waals surface area contributed by atoms with Gasteiger partial charge in [0.25, 0.3) is 0 Å². The smallest absolute Gasteiger partial charge is 0.381 e. The highest BCUT2D eigenvalue weighted by molar-refractivity contribution is 5.86. The monoisotopic (exact) mass is 392 g/mol. The van der Waals surface area contributed by atoms with Crippen molar-refractivity contribution in [3.63, 3.8) is 0 Å². The van der Waals surface area contributed by atoms with Gasteiger partial charge in [0.05, 0.1) is 0 Å². The molecule has 0 radical (unpaired) electrons. The molecule has 0 aliphatic heterocycles. The Bertz CT molecular complexity index is 634. The first-order valence-electron chi connectivity index (χ1n) is 11.1. The summed E-state index contributed by atoms with van der Waals surface area (Å²) in [6.45, 7) is 7.34. The van der Waals surface area contributed by atoms with Crippen LogP contribution in [0.15, 0.2) is 0 Å². The van der Waals surface area contributed by atoms with E-state index >= 15 is 0 Å². The average Bonchev–Trinajstić information content (AvgIpc) is 2.96. The summed E-state index contributed by atoms with van der Waals surface area (Å²) in [5.41, 5.74) is 0.987. The van der Waals surface area contributed by atoms with Gasteiger partial charge >= 0.3 is 5.97 Å². The van der Waals surface area contributed by atoms with Gasteiger partial charge in [-0.25, -0.2) is 4.79 Å². The van der Waals surface area contributed by atoms with Crippen molar-refractivity contribution in [3.8, 4) is 11.8 Å². The third kappa shape index (κ3) is 3.33. The Morgan fingerprint density at radius 3 is 2.44 bits per heavy atom. The number of carboxylic acids is 1. The van der Waals surface area contributed by atoms with E-state index in [4.69, 9.17) is 5.11 Å². The van der Waals surface area contributed by atoms with Crippen LogP contribution in [0.3, 0.4) is 0 Å². The molecule has 0 heterocycles. The van der Waals surface area contributed by atoms with Crippen molar-refractivity contribution in [3.05, 3.63) is 0 Å².